The van der Waals surface area contributed by atoms with Crippen molar-refractivity contribution in [3.05, 3.63) is 46.9 Å². The number of rotatable bonds is 6. The maximum atomic E-state index is 6.44. The zero-order valence-electron chi connectivity index (χ0n) is 11.4. The predicted molar refractivity (Wildman–Crippen MR) is 80.2 cm³/mol. The zero-order chi connectivity index (χ0) is 14.5. The lowest BCUT2D eigenvalue weighted by Gasteiger charge is -2.16. The molecule has 108 valence electrons. The molecule has 1 heterocycles. The molecule has 0 bridgehead atoms. The smallest absolute Gasteiger partial charge is 0.162 e. The van der Waals surface area contributed by atoms with E-state index in [-0.39, 0.29) is 0 Å². The molecule has 5 heteroatoms. The van der Waals surface area contributed by atoms with E-state index in [2.05, 4.69) is 0 Å². The van der Waals surface area contributed by atoms with Gasteiger partial charge < -0.3 is 13.9 Å². The summed E-state index contributed by atoms with van der Waals surface area (Å²) in [4.78, 5) is 0. The van der Waals surface area contributed by atoms with Crippen LogP contribution in [-0.4, -0.2) is 13.2 Å². The van der Waals surface area contributed by atoms with Crippen molar-refractivity contribution in [2.45, 2.75) is 19.2 Å². The van der Waals surface area contributed by atoms with Gasteiger partial charge in [0.25, 0.3) is 0 Å². The highest BCUT2D eigenvalue weighted by atomic mass is 35.5. The Balaban J connectivity index is 2.40. The van der Waals surface area contributed by atoms with Crippen molar-refractivity contribution >= 4 is 23.2 Å². The van der Waals surface area contributed by atoms with Gasteiger partial charge in [0.2, 0.25) is 0 Å². The van der Waals surface area contributed by atoms with E-state index in [4.69, 9.17) is 37.1 Å². The van der Waals surface area contributed by atoms with Gasteiger partial charge in [0, 0.05) is 16.7 Å². The average molecular weight is 315 g/mol. The topological polar surface area (TPSA) is 31.6 Å². The van der Waals surface area contributed by atoms with E-state index in [1.54, 1.807) is 18.6 Å². The summed E-state index contributed by atoms with van der Waals surface area (Å²) in [6, 6.07) is 5.37. The molecular formula is C15H16Cl2O3. The van der Waals surface area contributed by atoms with Crippen LogP contribution in [0.5, 0.6) is 11.5 Å². The van der Waals surface area contributed by atoms with Crippen LogP contribution in [0.2, 0.25) is 5.02 Å². The Morgan fingerprint density at radius 1 is 1.15 bits per heavy atom. The number of hydrogen-bond donors (Lipinski definition) is 0. The molecule has 0 N–H and O–H groups in total. The second-order valence-corrected chi connectivity index (χ2v) is 4.95. The summed E-state index contributed by atoms with van der Waals surface area (Å²) in [5.41, 5.74) is 1.61. The summed E-state index contributed by atoms with van der Waals surface area (Å²) in [5, 5.41) is 0.147. The Labute approximate surface area is 128 Å². The third kappa shape index (κ3) is 3.22. The lowest BCUT2D eigenvalue weighted by molar-refractivity contribution is 0.287. The molecule has 0 spiro atoms. The van der Waals surface area contributed by atoms with E-state index in [0.717, 1.165) is 11.1 Å². The molecule has 0 aliphatic carbocycles. The van der Waals surface area contributed by atoms with Gasteiger partial charge in [-0.25, -0.2) is 0 Å². The normalized spacial score (nSPS) is 12.2. The summed E-state index contributed by atoms with van der Waals surface area (Å²) in [7, 11) is 0. The van der Waals surface area contributed by atoms with Crippen molar-refractivity contribution in [2.24, 2.45) is 0 Å². The first-order valence-corrected chi connectivity index (χ1v) is 7.24. The molecule has 1 aromatic carbocycles. The Morgan fingerprint density at radius 3 is 2.35 bits per heavy atom. The van der Waals surface area contributed by atoms with E-state index in [1.807, 2.05) is 26.0 Å². The molecule has 0 fully saturated rings. The fourth-order valence-electron chi connectivity index (χ4n) is 1.88. The van der Waals surface area contributed by atoms with Gasteiger partial charge in [-0.15, -0.1) is 11.6 Å². The van der Waals surface area contributed by atoms with Crippen LogP contribution < -0.4 is 9.47 Å². The number of hydrogen-bond acceptors (Lipinski definition) is 3. The van der Waals surface area contributed by atoms with Crippen LogP contribution in [0.1, 0.15) is 30.4 Å². The molecule has 0 aliphatic rings. The lowest BCUT2D eigenvalue weighted by atomic mass is 10.1. The monoisotopic (exact) mass is 314 g/mol. The highest BCUT2D eigenvalue weighted by molar-refractivity contribution is 6.33. The van der Waals surface area contributed by atoms with Gasteiger partial charge in [-0.1, -0.05) is 11.6 Å². The molecule has 1 atom stereocenters. The molecule has 0 radical (unpaired) electrons. The third-order valence-corrected chi connectivity index (χ3v) is 3.59. The second kappa shape index (κ2) is 6.91. The predicted octanol–water partition coefficient (Wildman–Crippen LogP) is 5.06. The summed E-state index contributed by atoms with van der Waals surface area (Å²) in [6.07, 6.45) is 3.18. The molecule has 0 saturated heterocycles. The number of halogens is 2. The van der Waals surface area contributed by atoms with Gasteiger partial charge in [0.1, 0.15) is 0 Å². The van der Waals surface area contributed by atoms with Gasteiger partial charge in [0.15, 0.2) is 11.5 Å². The van der Waals surface area contributed by atoms with Gasteiger partial charge >= 0.3 is 0 Å². The number of ether oxygens (including phenoxy) is 2. The first-order chi connectivity index (χ1) is 9.67. The first kappa shape index (κ1) is 15.1. The number of benzene rings is 1. The van der Waals surface area contributed by atoms with E-state index in [9.17, 15) is 0 Å². The van der Waals surface area contributed by atoms with Crippen LogP contribution in [0.4, 0.5) is 0 Å². The van der Waals surface area contributed by atoms with Gasteiger partial charge in [0.05, 0.1) is 31.1 Å². The molecule has 1 aromatic heterocycles. The number of furan rings is 1. The van der Waals surface area contributed by atoms with E-state index >= 15 is 0 Å². The molecule has 0 aliphatic heterocycles. The summed E-state index contributed by atoms with van der Waals surface area (Å²) < 4.78 is 16.2. The zero-order valence-corrected chi connectivity index (χ0v) is 12.9. The molecule has 0 saturated carbocycles. The molecule has 0 amide bonds. The van der Waals surface area contributed by atoms with Crippen LogP contribution in [0.15, 0.2) is 35.1 Å². The summed E-state index contributed by atoms with van der Waals surface area (Å²) >= 11 is 12.7. The van der Waals surface area contributed by atoms with Crippen molar-refractivity contribution < 1.29 is 13.9 Å². The fourth-order valence-corrected chi connectivity index (χ4v) is 2.50. The van der Waals surface area contributed by atoms with Crippen molar-refractivity contribution in [3.63, 3.8) is 0 Å². The maximum Gasteiger partial charge on any atom is 0.162 e. The quantitative estimate of drug-likeness (QED) is 0.698. The van der Waals surface area contributed by atoms with Crippen LogP contribution in [-0.2, 0) is 0 Å². The average Bonchev–Trinajstić information content (AvgIpc) is 2.95. The first-order valence-electron chi connectivity index (χ1n) is 6.42. The molecule has 3 nitrogen and oxygen atoms in total. The molecule has 1 unspecified atom stereocenters. The largest absolute Gasteiger partial charge is 0.490 e. The third-order valence-electron chi connectivity index (χ3n) is 2.77. The molecule has 20 heavy (non-hydrogen) atoms. The molecular weight excluding hydrogens is 299 g/mol. The van der Waals surface area contributed by atoms with Crippen LogP contribution >= 0.6 is 23.2 Å². The number of alkyl halides is 1. The maximum absolute atomic E-state index is 6.44. The van der Waals surface area contributed by atoms with Crippen molar-refractivity contribution in [1.29, 1.82) is 0 Å². The summed E-state index contributed by atoms with van der Waals surface area (Å²) in [5.74, 6) is 1.27. The fraction of sp³-hybridized carbons (Fsp3) is 0.333. The van der Waals surface area contributed by atoms with Gasteiger partial charge in [-0.3, -0.25) is 0 Å². The van der Waals surface area contributed by atoms with E-state index in [0.29, 0.717) is 29.7 Å². The highest BCUT2D eigenvalue weighted by Crippen LogP contribution is 2.40. The minimum Gasteiger partial charge on any atom is -0.490 e. The Hall–Kier alpha value is -1.32. The van der Waals surface area contributed by atoms with Crippen LogP contribution in [0.3, 0.4) is 0 Å². The van der Waals surface area contributed by atoms with E-state index in [1.165, 1.54) is 0 Å². The molecule has 2 rings (SSSR count). The lowest BCUT2D eigenvalue weighted by Crippen LogP contribution is -2.01. The standard InChI is InChI=1S/C15H16Cl2O3/c1-3-19-13-7-11(12(16)8-14(13)20-4-2)15(17)10-5-6-18-9-10/h5-9,15H,3-4H2,1-2H3. The minimum atomic E-state index is -0.392. The Morgan fingerprint density at radius 2 is 1.80 bits per heavy atom. The van der Waals surface area contributed by atoms with Gasteiger partial charge in [-0.05, 0) is 31.5 Å². The Kier molecular flexibility index (Phi) is 5.21. The summed E-state index contributed by atoms with van der Waals surface area (Å²) in [6.45, 7) is 4.91. The van der Waals surface area contributed by atoms with Crippen molar-refractivity contribution in [1.82, 2.24) is 0 Å². The second-order valence-electron chi connectivity index (χ2n) is 4.11. The molecule has 2 aromatic rings. The van der Waals surface area contributed by atoms with Crippen molar-refractivity contribution in [3.8, 4) is 11.5 Å². The Bertz CT molecular complexity index is 552. The minimum absolute atomic E-state index is 0.392. The highest BCUT2D eigenvalue weighted by Gasteiger charge is 2.19. The van der Waals surface area contributed by atoms with Gasteiger partial charge in [-0.2, -0.15) is 0 Å². The van der Waals surface area contributed by atoms with Crippen molar-refractivity contribution in [2.75, 3.05) is 13.2 Å². The van der Waals surface area contributed by atoms with E-state index < -0.39 is 5.38 Å². The van der Waals surface area contributed by atoms with Crippen LogP contribution in [0.25, 0.3) is 0 Å². The van der Waals surface area contributed by atoms with Crippen LogP contribution in [0, 0.1) is 0 Å². The SMILES string of the molecule is CCOc1cc(Cl)c(C(Cl)c2ccoc2)cc1OCC.